The third-order valence-electron chi connectivity index (χ3n) is 5.22. The van der Waals surface area contributed by atoms with Crippen molar-refractivity contribution >= 4 is 10.0 Å². The molecule has 0 fully saturated rings. The van der Waals surface area contributed by atoms with Crippen molar-refractivity contribution < 1.29 is 21.6 Å². The highest BCUT2D eigenvalue weighted by molar-refractivity contribution is 7.89. The Morgan fingerprint density at radius 1 is 0.730 bits per heavy atom. The monoisotopic (exact) mass is 526 g/mol. The molecule has 0 saturated carbocycles. The first-order valence-electron chi connectivity index (χ1n) is 11.4. The van der Waals surface area contributed by atoms with Crippen molar-refractivity contribution in [3.05, 3.63) is 84.1 Å². The first kappa shape index (κ1) is 26.4. The van der Waals surface area contributed by atoms with Crippen molar-refractivity contribution in [3.63, 3.8) is 0 Å². The van der Waals surface area contributed by atoms with Gasteiger partial charge in [0.2, 0.25) is 10.0 Å². The molecule has 2 aromatic carbocycles. The fourth-order valence-corrected chi connectivity index (χ4v) is 5.13. The Balaban J connectivity index is 1.70. The van der Waals surface area contributed by atoms with E-state index in [1.165, 1.54) is 18.2 Å². The Labute approximate surface area is 213 Å². The Morgan fingerprint density at radius 3 is 2.03 bits per heavy atom. The van der Waals surface area contributed by atoms with Crippen LogP contribution in [0.3, 0.4) is 0 Å². The second-order valence-corrected chi connectivity index (χ2v) is 11.3. The number of sulfonamides is 1. The van der Waals surface area contributed by atoms with Crippen LogP contribution in [-0.4, -0.2) is 28.9 Å². The minimum atomic E-state index is -4.42. The van der Waals surface area contributed by atoms with Gasteiger partial charge in [-0.3, -0.25) is 0 Å². The van der Waals surface area contributed by atoms with Gasteiger partial charge in [0.05, 0.1) is 21.8 Å². The number of hydrogen-bond acceptors (Lipinski definition) is 5. The number of aryl methyl sites for hydroxylation is 1. The summed E-state index contributed by atoms with van der Waals surface area (Å²) < 4.78 is 67.0. The number of nitrogens with one attached hydrogen (secondary N) is 1. The van der Waals surface area contributed by atoms with E-state index in [2.05, 4.69) is 19.7 Å². The molecule has 192 valence electrons. The summed E-state index contributed by atoms with van der Waals surface area (Å²) in [5, 5.41) is 0. The maximum atomic E-state index is 12.9. The predicted octanol–water partition coefficient (Wildman–Crippen LogP) is 6.28. The highest BCUT2D eigenvalue weighted by Crippen LogP contribution is 2.31. The van der Waals surface area contributed by atoms with Crippen molar-refractivity contribution in [1.82, 2.24) is 19.7 Å². The van der Waals surface area contributed by atoms with E-state index >= 15 is 0 Å². The van der Waals surface area contributed by atoms with E-state index in [9.17, 15) is 21.6 Å². The molecular formula is C27H25F3N4O2S. The first-order valence-corrected chi connectivity index (χ1v) is 12.8. The zero-order valence-electron chi connectivity index (χ0n) is 20.6. The average molecular weight is 527 g/mol. The molecule has 2 aromatic heterocycles. The van der Waals surface area contributed by atoms with E-state index in [-0.39, 0.29) is 4.90 Å². The van der Waals surface area contributed by atoms with Crippen molar-refractivity contribution in [2.75, 3.05) is 0 Å². The van der Waals surface area contributed by atoms with Gasteiger partial charge in [-0.25, -0.2) is 28.1 Å². The quantitative estimate of drug-likeness (QED) is 0.331. The zero-order valence-corrected chi connectivity index (χ0v) is 21.4. The van der Waals surface area contributed by atoms with Crippen LogP contribution in [-0.2, 0) is 16.2 Å². The van der Waals surface area contributed by atoms with E-state index in [0.717, 1.165) is 12.1 Å². The molecular weight excluding hydrogens is 501 g/mol. The fourth-order valence-electron chi connectivity index (χ4n) is 3.67. The van der Waals surface area contributed by atoms with Gasteiger partial charge < -0.3 is 0 Å². The van der Waals surface area contributed by atoms with Gasteiger partial charge in [-0.2, -0.15) is 13.2 Å². The van der Waals surface area contributed by atoms with Crippen LogP contribution in [0.25, 0.3) is 34.0 Å². The number of aromatic nitrogens is 3. The number of hydrogen-bond donors (Lipinski definition) is 1. The van der Waals surface area contributed by atoms with Gasteiger partial charge >= 0.3 is 6.18 Å². The van der Waals surface area contributed by atoms with Gasteiger partial charge in [0.15, 0.2) is 5.82 Å². The lowest BCUT2D eigenvalue weighted by Gasteiger charge is -2.20. The average Bonchev–Trinajstić information content (AvgIpc) is 2.82. The second-order valence-electron chi connectivity index (χ2n) is 9.58. The minimum Gasteiger partial charge on any atom is -0.244 e. The van der Waals surface area contributed by atoms with Crippen molar-refractivity contribution in [2.45, 2.75) is 44.3 Å². The van der Waals surface area contributed by atoms with Crippen molar-refractivity contribution in [3.8, 4) is 34.0 Å². The molecule has 0 amide bonds. The summed E-state index contributed by atoms with van der Waals surface area (Å²) in [6, 6.07) is 18.2. The van der Waals surface area contributed by atoms with Crippen LogP contribution in [0.5, 0.6) is 0 Å². The molecule has 2 heterocycles. The molecule has 0 radical (unpaired) electrons. The lowest BCUT2D eigenvalue weighted by atomic mass is 10.1. The van der Waals surface area contributed by atoms with Crippen LogP contribution in [0.2, 0.25) is 0 Å². The highest BCUT2D eigenvalue weighted by Gasteiger charge is 2.30. The molecule has 0 saturated heterocycles. The SMILES string of the molecule is Cc1cc(-c2ccc(C(F)(F)F)cc2)nc(-c2cccc(-c3cccc(S(=O)(=O)NC(C)(C)C)c3)n2)n1. The van der Waals surface area contributed by atoms with Crippen LogP contribution in [0.15, 0.2) is 77.7 Å². The Kier molecular flexibility index (Phi) is 6.91. The molecule has 0 aliphatic rings. The smallest absolute Gasteiger partial charge is 0.244 e. The minimum absolute atomic E-state index is 0.114. The van der Waals surface area contributed by atoms with Crippen LogP contribution in [0.4, 0.5) is 13.2 Å². The second kappa shape index (κ2) is 9.68. The third-order valence-corrected chi connectivity index (χ3v) is 6.98. The molecule has 0 atom stereocenters. The van der Waals surface area contributed by atoms with Crippen LogP contribution < -0.4 is 4.72 Å². The highest BCUT2D eigenvalue weighted by atomic mass is 32.2. The Morgan fingerprint density at radius 2 is 1.38 bits per heavy atom. The van der Waals surface area contributed by atoms with Crippen LogP contribution >= 0.6 is 0 Å². The molecule has 1 N–H and O–H groups in total. The predicted molar refractivity (Wildman–Crippen MR) is 136 cm³/mol. The van der Waals surface area contributed by atoms with Crippen LogP contribution in [0, 0.1) is 6.92 Å². The van der Waals surface area contributed by atoms with E-state index in [4.69, 9.17) is 0 Å². The van der Waals surface area contributed by atoms with Gasteiger partial charge in [0.1, 0.15) is 5.69 Å². The van der Waals surface area contributed by atoms with Gasteiger partial charge in [-0.15, -0.1) is 0 Å². The number of benzene rings is 2. The summed E-state index contributed by atoms with van der Waals surface area (Å²) >= 11 is 0. The van der Waals surface area contributed by atoms with Crippen molar-refractivity contribution in [2.24, 2.45) is 0 Å². The van der Waals surface area contributed by atoms with E-state index in [1.807, 2.05) is 0 Å². The van der Waals surface area contributed by atoms with Crippen molar-refractivity contribution in [1.29, 1.82) is 0 Å². The number of alkyl halides is 3. The van der Waals surface area contributed by atoms with E-state index < -0.39 is 27.3 Å². The molecule has 0 aliphatic heterocycles. The maximum Gasteiger partial charge on any atom is 0.416 e. The summed E-state index contributed by atoms with van der Waals surface area (Å²) in [7, 11) is -3.74. The van der Waals surface area contributed by atoms with E-state index in [0.29, 0.717) is 39.7 Å². The molecule has 0 aliphatic carbocycles. The standard InChI is InChI=1S/C27H25F3N4O2S/c1-17-15-24(18-11-13-20(14-12-18)27(28,29)30)33-25(31-17)23-10-6-9-22(32-23)19-7-5-8-21(16-19)37(35,36)34-26(2,3)4/h5-16,34H,1-4H3. The number of rotatable bonds is 5. The first-order chi connectivity index (χ1) is 17.2. The largest absolute Gasteiger partial charge is 0.416 e. The summed E-state index contributed by atoms with van der Waals surface area (Å²) in [6.07, 6.45) is -4.42. The zero-order chi connectivity index (χ0) is 27.0. The summed E-state index contributed by atoms with van der Waals surface area (Å²) in [4.78, 5) is 13.8. The Hall–Kier alpha value is -3.63. The fraction of sp³-hybridized carbons (Fsp3) is 0.222. The lowest BCUT2D eigenvalue weighted by Crippen LogP contribution is -2.40. The summed E-state index contributed by atoms with van der Waals surface area (Å²) in [5.74, 6) is 0.301. The number of pyridine rings is 1. The van der Waals surface area contributed by atoms with Gasteiger partial charge in [-0.05, 0) is 70.2 Å². The van der Waals surface area contributed by atoms with Gasteiger partial charge in [0.25, 0.3) is 0 Å². The maximum absolute atomic E-state index is 12.9. The lowest BCUT2D eigenvalue weighted by molar-refractivity contribution is -0.137. The topological polar surface area (TPSA) is 84.8 Å². The molecule has 4 rings (SSSR count). The molecule has 0 spiro atoms. The molecule has 4 aromatic rings. The molecule has 0 bridgehead atoms. The van der Waals surface area contributed by atoms with Gasteiger partial charge in [-0.1, -0.05) is 30.3 Å². The third kappa shape index (κ3) is 6.39. The summed E-state index contributed by atoms with van der Waals surface area (Å²) in [5.41, 5.74) is 1.77. The molecule has 0 unspecified atom stereocenters. The van der Waals surface area contributed by atoms with Gasteiger partial charge in [0, 0.05) is 22.4 Å². The molecule has 10 heteroatoms. The Bertz CT molecular complexity index is 1550. The van der Waals surface area contributed by atoms with E-state index in [1.54, 1.807) is 70.2 Å². The molecule has 6 nitrogen and oxygen atoms in total. The van der Waals surface area contributed by atoms with Crippen LogP contribution in [0.1, 0.15) is 32.0 Å². The summed E-state index contributed by atoms with van der Waals surface area (Å²) in [6.45, 7) is 7.06. The number of nitrogens with zero attached hydrogens (tertiary/aromatic N) is 3. The number of halogens is 3. The normalized spacial score (nSPS) is 12.5. The molecule has 37 heavy (non-hydrogen) atoms.